The van der Waals surface area contributed by atoms with E-state index in [-0.39, 0.29) is 29.2 Å². The van der Waals surface area contributed by atoms with Crippen LogP contribution in [0.25, 0.3) is 0 Å². The Hall–Kier alpha value is -1.88. The largest absolute Gasteiger partial charge is 0.459 e. The van der Waals surface area contributed by atoms with Gasteiger partial charge in [0.05, 0.1) is 5.57 Å². The van der Waals surface area contributed by atoms with Gasteiger partial charge in [0.25, 0.3) is 0 Å². The molecule has 1 aromatic rings. The molecule has 3 aliphatic rings. The first kappa shape index (κ1) is 21.4. The zero-order chi connectivity index (χ0) is 21.5. The summed E-state index contributed by atoms with van der Waals surface area (Å²) in [7, 11) is 0. The molecule has 0 saturated heterocycles. The van der Waals surface area contributed by atoms with Crippen LogP contribution < -0.4 is 5.32 Å². The molecule has 5 heteroatoms. The molecule has 1 saturated carbocycles. The first-order valence-electron chi connectivity index (χ1n) is 11.0. The minimum absolute atomic E-state index is 0.0199. The lowest BCUT2D eigenvalue weighted by Crippen LogP contribution is -2.39. The Bertz CT molecular complexity index is 920. The number of dihydropyridines is 1. The van der Waals surface area contributed by atoms with Gasteiger partial charge in [0, 0.05) is 33.8 Å². The summed E-state index contributed by atoms with van der Waals surface area (Å²) in [6.07, 6.45) is 6.53. The molecule has 1 fully saturated rings. The van der Waals surface area contributed by atoms with Gasteiger partial charge in [-0.1, -0.05) is 48.3 Å². The van der Waals surface area contributed by atoms with Gasteiger partial charge in [-0.3, -0.25) is 4.79 Å². The molecule has 4 nitrogen and oxygen atoms in total. The molecule has 1 aromatic carbocycles. The number of benzene rings is 1. The third kappa shape index (κ3) is 4.27. The molecule has 1 atom stereocenters. The fraction of sp³-hybridized carbons (Fsp3) is 0.520. The van der Waals surface area contributed by atoms with E-state index < -0.39 is 0 Å². The topological polar surface area (TPSA) is 55.4 Å². The highest BCUT2D eigenvalue weighted by atomic mass is 79.9. The Morgan fingerprint density at radius 2 is 1.77 bits per heavy atom. The van der Waals surface area contributed by atoms with Crippen molar-refractivity contribution in [2.45, 2.75) is 77.7 Å². The summed E-state index contributed by atoms with van der Waals surface area (Å²) >= 11 is 3.49. The molecule has 4 rings (SSSR count). The smallest absolute Gasteiger partial charge is 0.337 e. The monoisotopic (exact) mass is 471 g/mol. The average molecular weight is 472 g/mol. The molecule has 0 unspecified atom stereocenters. The lowest BCUT2D eigenvalue weighted by Gasteiger charge is -2.39. The van der Waals surface area contributed by atoms with E-state index in [4.69, 9.17) is 4.74 Å². The quantitative estimate of drug-likeness (QED) is 0.555. The molecule has 0 spiro atoms. The average Bonchev–Trinajstić information content (AvgIpc) is 2.67. The van der Waals surface area contributed by atoms with Crippen LogP contribution in [0.4, 0.5) is 0 Å². The van der Waals surface area contributed by atoms with Crippen molar-refractivity contribution in [3.05, 3.63) is 56.8 Å². The SMILES string of the molecule is CC1=C(C(=O)OC2CCCCC2)[C@@H](c2ccc(Br)cc2)C2=C(CC(C)(C)CC2=O)N1. The number of esters is 1. The number of rotatable bonds is 3. The van der Waals surface area contributed by atoms with Crippen molar-refractivity contribution in [3.8, 4) is 0 Å². The number of hydrogen-bond acceptors (Lipinski definition) is 4. The van der Waals surface area contributed by atoms with Crippen LogP contribution in [-0.4, -0.2) is 17.9 Å². The van der Waals surface area contributed by atoms with Crippen molar-refractivity contribution in [1.29, 1.82) is 0 Å². The second kappa shape index (κ2) is 8.33. The summed E-state index contributed by atoms with van der Waals surface area (Å²) in [6, 6.07) is 7.93. The highest BCUT2D eigenvalue weighted by molar-refractivity contribution is 9.10. The fourth-order valence-electron chi connectivity index (χ4n) is 5.09. The van der Waals surface area contributed by atoms with Crippen LogP contribution in [0.5, 0.6) is 0 Å². The number of carbonyl (C=O) groups is 2. The molecule has 0 amide bonds. The second-order valence-corrected chi connectivity index (χ2v) is 10.6. The molecule has 1 heterocycles. The van der Waals surface area contributed by atoms with Gasteiger partial charge >= 0.3 is 5.97 Å². The minimum atomic E-state index is -0.381. The number of carbonyl (C=O) groups excluding carboxylic acids is 2. The number of allylic oxidation sites excluding steroid dienone is 3. The standard InChI is InChI=1S/C25H30BrNO3/c1-15-21(24(29)30-18-7-5-4-6-8-18)22(16-9-11-17(26)12-10-16)23-19(27-15)13-25(2,3)14-20(23)28/h9-12,18,22,27H,4-8,13-14H2,1-3H3/t22-/m1/s1. The van der Waals surface area contributed by atoms with E-state index in [2.05, 4.69) is 35.1 Å². The van der Waals surface area contributed by atoms with E-state index in [1.807, 2.05) is 31.2 Å². The molecule has 160 valence electrons. The highest BCUT2D eigenvalue weighted by Crippen LogP contribution is 2.47. The van der Waals surface area contributed by atoms with Gasteiger partial charge in [-0.05, 0) is 62.1 Å². The van der Waals surface area contributed by atoms with E-state index in [0.29, 0.717) is 12.0 Å². The van der Waals surface area contributed by atoms with Crippen LogP contribution in [0.15, 0.2) is 51.3 Å². The van der Waals surface area contributed by atoms with E-state index in [1.54, 1.807) is 0 Å². The fourth-order valence-corrected chi connectivity index (χ4v) is 5.36. The van der Waals surface area contributed by atoms with Gasteiger partial charge in [0.2, 0.25) is 0 Å². The third-order valence-corrected chi connectivity index (χ3v) is 7.02. The normalized spacial score (nSPS) is 24.4. The van der Waals surface area contributed by atoms with Gasteiger partial charge in [0.15, 0.2) is 5.78 Å². The summed E-state index contributed by atoms with van der Waals surface area (Å²) in [5.74, 6) is -0.546. The van der Waals surface area contributed by atoms with Gasteiger partial charge in [-0.15, -0.1) is 0 Å². The van der Waals surface area contributed by atoms with E-state index in [0.717, 1.165) is 59.1 Å². The Kier molecular flexibility index (Phi) is 5.93. The van der Waals surface area contributed by atoms with Crippen molar-refractivity contribution < 1.29 is 14.3 Å². The zero-order valence-electron chi connectivity index (χ0n) is 18.0. The molecule has 0 aromatic heterocycles. The summed E-state index contributed by atoms with van der Waals surface area (Å²) in [5, 5.41) is 3.41. The molecule has 1 aliphatic heterocycles. The number of nitrogens with one attached hydrogen (secondary N) is 1. The Labute approximate surface area is 187 Å². The second-order valence-electron chi connectivity index (χ2n) is 9.65. The van der Waals surface area contributed by atoms with Crippen molar-refractivity contribution >= 4 is 27.7 Å². The van der Waals surface area contributed by atoms with Gasteiger partial charge in [-0.25, -0.2) is 4.79 Å². The lowest BCUT2D eigenvalue weighted by molar-refractivity contribution is -0.146. The van der Waals surface area contributed by atoms with Crippen molar-refractivity contribution in [3.63, 3.8) is 0 Å². The van der Waals surface area contributed by atoms with Crippen molar-refractivity contribution in [2.24, 2.45) is 5.41 Å². The van der Waals surface area contributed by atoms with Gasteiger partial charge in [-0.2, -0.15) is 0 Å². The predicted molar refractivity (Wildman–Crippen MR) is 121 cm³/mol. The summed E-state index contributed by atoms with van der Waals surface area (Å²) in [4.78, 5) is 26.7. The lowest BCUT2D eigenvalue weighted by atomic mass is 9.68. The predicted octanol–water partition coefficient (Wildman–Crippen LogP) is 5.93. The maximum atomic E-state index is 13.4. The van der Waals surface area contributed by atoms with Crippen LogP contribution >= 0.6 is 15.9 Å². The molecule has 0 bridgehead atoms. The van der Waals surface area contributed by atoms with Gasteiger partial charge in [0.1, 0.15) is 6.10 Å². The molecular formula is C25H30BrNO3. The van der Waals surface area contributed by atoms with Crippen LogP contribution in [-0.2, 0) is 14.3 Å². The Morgan fingerprint density at radius 1 is 1.10 bits per heavy atom. The first-order chi connectivity index (χ1) is 14.2. The van der Waals surface area contributed by atoms with E-state index in [9.17, 15) is 9.59 Å². The minimum Gasteiger partial charge on any atom is -0.459 e. The third-order valence-electron chi connectivity index (χ3n) is 6.49. The van der Waals surface area contributed by atoms with Crippen LogP contribution in [0.3, 0.4) is 0 Å². The summed E-state index contributed by atoms with van der Waals surface area (Å²) in [6.45, 7) is 6.17. The summed E-state index contributed by atoms with van der Waals surface area (Å²) in [5.41, 5.74) is 3.93. The van der Waals surface area contributed by atoms with Gasteiger partial charge < -0.3 is 10.1 Å². The van der Waals surface area contributed by atoms with Crippen molar-refractivity contribution in [1.82, 2.24) is 5.32 Å². The number of Topliss-reactive ketones (excluding diaryl/α,β-unsaturated/α-hetero) is 1. The molecule has 0 radical (unpaired) electrons. The molecule has 30 heavy (non-hydrogen) atoms. The zero-order valence-corrected chi connectivity index (χ0v) is 19.6. The maximum Gasteiger partial charge on any atom is 0.337 e. The van der Waals surface area contributed by atoms with Crippen LogP contribution in [0, 0.1) is 5.41 Å². The molecule has 2 aliphatic carbocycles. The highest BCUT2D eigenvalue weighted by Gasteiger charge is 2.43. The Balaban J connectivity index is 1.75. The number of ether oxygens (including phenoxy) is 1. The number of ketones is 1. The first-order valence-corrected chi connectivity index (χ1v) is 11.7. The Morgan fingerprint density at radius 3 is 2.43 bits per heavy atom. The molecule has 1 N–H and O–H groups in total. The van der Waals surface area contributed by atoms with Crippen LogP contribution in [0.1, 0.15) is 77.2 Å². The maximum absolute atomic E-state index is 13.4. The summed E-state index contributed by atoms with van der Waals surface area (Å²) < 4.78 is 6.92. The van der Waals surface area contributed by atoms with E-state index in [1.165, 1.54) is 6.42 Å². The van der Waals surface area contributed by atoms with Crippen molar-refractivity contribution in [2.75, 3.05) is 0 Å². The molecular weight excluding hydrogens is 442 g/mol. The van der Waals surface area contributed by atoms with E-state index >= 15 is 0 Å². The van der Waals surface area contributed by atoms with Crippen LogP contribution in [0.2, 0.25) is 0 Å². The number of halogens is 1. The number of hydrogen-bond donors (Lipinski definition) is 1.